The molecule has 1 fully saturated rings. The predicted molar refractivity (Wildman–Crippen MR) is 76.4 cm³/mol. The number of ether oxygens (including phenoxy) is 1. The first-order chi connectivity index (χ1) is 9.42. The fourth-order valence-electron chi connectivity index (χ4n) is 1.92. The molecule has 0 aliphatic carbocycles. The van der Waals surface area contributed by atoms with Gasteiger partial charge in [0.25, 0.3) is 0 Å². The smallest absolute Gasteiger partial charge is 0.409 e. The standard InChI is InChI=1S/C12H18N2O4S2/c1-3-10-4-5-11(19-10)20(16,17)13-7-6-9-8-14(2)12(15)18-9/h4-5,9,13H,3,6-8H2,1-2H3. The van der Waals surface area contributed by atoms with Crippen LogP contribution in [-0.4, -0.2) is 45.7 Å². The summed E-state index contributed by atoms with van der Waals surface area (Å²) in [6.07, 6.45) is 0.694. The van der Waals surface area contributed by atoms with E-state index in [1.165, 1.54) is 16.2 Å². The zero-order chi connectivity index (χ0) is 14.8. The second-order valence-corrected chi connectivity index (χ2v) is 7.81. The van der Waals surface area contributed by atoms with Crippen LogP contribution in [0.5, 0.6) is 0 Å². The lowest BCUT2D eigenvalue weighted by atomic mass is 10.2. The number of amides is 1. The SMILES string of the molecule is CCc1ccc(S(=O)(=O)NCCC2CN(C)C(=O)O2)s1. The van der Waals surface area contributed by atoms with E-state index in [0.717, 1.165) is 11.3 Å². The Morgan fingerprint density at radius 2 is 2.25 bits per heavy atom. The summed E-state index contributed by atoms with van der Waals surface area (Å²) in [7, 11) is -1.80. The highest BCUT2D eigenvalue weighted by Crippen LogP contribution is 2.21. The summed E-state index contributed by atoms with van der Waals surface area (Å²) in [5, 5.41) is 0. The second-order valence-electron chi connectivity index (χ2n) is 4.65. The van der Waals surface area contributed by atoms with E-state index in [9.17, 15) is 13.2 Å². The maximum Gasteiger partial charge on any atom is 0.409 e. The van der Waals surface area contributed by atoms with Crippen molar-refractivity contribution in [3.8, 4) is 0 Å². The Morgan fingerprint density at radius 3 is 2.80 bits per heavy atom. The van der Waals surface area contributed by atoms with Crippen LogP contribution in [0, 0.1) is 0 Å². The lowest BCUT2D eigenvalue weighted by Crippen LogP contribution is -2.28. The molecule has 112 valence electrons. The molecule has 1 aromatic rings. The van der Waals surface area contributed by atoms with Gasteiger partial charge in [-0.25, -0.2) is 17.9 Å². The predicted octanol–water partition coefficient (Wildman–Crippen LogP) is 1.43. The Kier molecular flexibility index (Phi) is 4.66. The molecular weight excluding hydrogens is 300 g/mol. The van der Waals surface area contributed by atoms with Crippen molar-refractivity contribution in [1.82, 2.24) is 9.62 Å². The fourth-order valence-corrected chi connectivity index (χ4v) is 4.31. The molecule has 1 aromatic heterocycles. The number of hydrogen-bond acceptors (Lipinski definition) is 5. The van der Waals surface area contributed by atoms with E-state index >= 15 is 0 Å². The van der Waals surface area contributed by atoms with Gasteiger partial charge in [-0.1, -0.05) is 6.92 Å². The van der Waals surface area contributed by atoms with E-state index in [4.69, 9.17) is 4.74 Å². The van der Waals surface area contributed by atoms with Crippen LogP contribution in [0.4, 0.5) is 4.79 Å². The highest BCUT2D eigenvalue weighted by molar-refractivity contribution is 7.91. The van der Waals surface area contributed by atoms with Crippen molar-refractivity contribution in [2.75, 3.05) is 20.1 Å². The Labute approximate surface area is 122 Å². The summed E-state index contributed by atoms with van der Waals surface area (Å²) in [6, 6.07) is 3.45. The molecule has 0 aromatic carbocycles. The molecule has 0 bridgehead atoms. The van der Waals surface area contributed by atoms with Gasteiger partial charge in [0.2, 0.25) is 10.0 Å². The summed E-state index contributed by atoms with van der Waals surface area (Å²) < 4.78 is 32.0. The average Bonchev–Trinajstić information content (AvgIpc) is 2.97. The largest absolute Gasteiger partial charge is 0.444 e. The van der Waals surface area contributed by atoms with Gasteiger partial charge >= 0.3 is 6.09 Å². The number of rotatable bonds is 6. The van der Waals surface area contributed by atoms with Crippen molar-refractivity contribution in [1.29, 1.82) is 0 Å². The monoisotopic (exact) mass is 318 g/mol. The van der Waals surface area contributed by atoms with Gasteiger partial charge in [0.1, 0.15) is 10.3 Å². The molecule has 1 aliphatic rings. The van der Waals surface area contributed by atoms with E-state index in [2.05, 4.69) is 4.72 Å². The van der Waals surface area contributed by atoms with Crippen LogP contribution in [-0.2, 0) is 21.2 Å². The molecule has 0 spiro atoms. The maximum absolute atomic E-state index is 12.0. The molecule has 1 amide bonds. The highest BCUT2D eigenvalue weighted by Gasteiger charge is 2.28. The summed E-state index contributed by atoms with van der Waals surface area (Å²) >= 11 is 1.28. The van der Waals surface area contributed by atoms with Crippen LogP contribution in [0.15, 0.2) is 16.3 Å². The van der Waals surface area contributed by atoms with Crippen molar-refractivity contribution in [3.05, 3.63) is 17.0 Å². The quantitative estimate of drug-likeness (QED) is 0.861. The molecule has 1 aliphatic heterocycles. The molecule has 0 saturated carbocycles. The third-order valence-corrected chi connectivity index (χ3v) is 6.25. The molecule has 1 N–H and O–H groups in total. The van der Waals surface area contributed by atoms with Gasteiger partial charge in [-0.05, 0) is 25.0 Å². The first-order valence-corrected chi connectivity index (χ1v) is 8.72. The first kappa shape index (κ1) is 15.3. The molecule has 6 nitrogen and oxygen atoms in total. The zero-order valence-corrected chi connectivity index (χ0v) is 13.1. The fraction of sp³-hybridized carbons (Fsp3) is 0.583. The summed E-state index contributed by atoms with van der Waals surface area (Å²) in [5.41, 5.74) is 0. The molecule has 2 heterocycles. The average molecular weight is 318 g/mol. The molecule has 2 rings (SSSR count). The van der Waals surface area contributed by atoms with Crippen molar-refractivity contribution >= 4 is 27.5 Å². The lowest BCUT2D eigenvalue weighted by molar-refractivity contribution is 0.131. The number of likely N-dealkylation sites (N-methyl/N-ethyl adjacent to an activating group) is 1. The maximum atomic E-state index is 12.0. The highest BCUT2D eigenvalue weighted by atomic mass is 32.2. The lowest BCUT2D eigenvalue weighted by Gasteiger charge is -2.08. The number of nitrogens with zero attached hydrogens (tertiary/aromatic N) is 1. The summed E-state index contributed by atoms with van der Waals surface area (Å²) in [4.78, 5) is 13.7. The van der Waals surface area contributed by atoms with Crippen LogP contribution < -0.4 is 4.72 Å². The minimum atomic E-state index is -3.45. The van der Waals surface area contributed by atoms with E-state index in [-0.39, 0.29) is 18.7 Å². The van der Waals surface area contributed by atoms with Crippen LogP contribution in [0.1, 0.15) is 18.2 Å². The number of carbonyl (C=O) groups excluding carboxylic acids is 1. The third-order valence-electron chi connectivity index (χ3n) is 3.07. The zero-order valence-electron chi connectivity index (χ0n) is 11.5. The Hall–Kier alpha value is -1.12. The number of sulfonamides is 1. The molecule has 8 heteroatoms. The first-order valence-electron chi connectivity index (χ1n) is 6.42. The van der Waals surface area contributed by atoms with Crippen LogP contribution >= 0.6 is 11.3 Å². The van der Waals surface area contributed by atoms with Gasteiger partial charge in [0.05, 0.1) is 6.54 Å². The molecule has 1 atom stereocenters. The Morgan fingerprint density at radius 1 is 1.50 bits per heavy atom. The third kappa shape index (κ3) is 3.50. The van der Waals surface area contributed by atoms with Crippen molar-refractivity contribution in [3.63, 3.8) is 0 Å². The summed E-state index contributed by atoms with van der Waals surface area (Å²) in [6.45, 7) is 2.74. The minimum absolute atomic E-state index is 0.246. The number of carbonyl (C=O) groups is 1. The van der Waals surface area contributed by atoms with Gasteiger partial charge in [0.15, 0.2) is 0 Å². The van der Waals surface area contributed by atoms with E-state index < -0.39 is 10.0 Å². The van der Waals surface area contributed by atoms with Crippen LogP contribution in [0.2, 0.25) is 0 Å². The van der Waals surface area contributed by atoms with Gasteiger partial charge in [-0.2, -0.15) is 0 Å². The van der Waals surface area contributed by atoms with Crippen molar-refractivity contribution in [2.24, 2.45) is 0 Å². The Bertz CT molecular complexity index is 582. The van der Waals surface area contributed by atoms with E-state index in [0.29, 0.717) is 17.2 Å². The normalized spacial score (nSPS) is 19.4. The number of cyclic esters (lactones) is 1. The summed E-state index contributed by atoms with van der Waals surface area (Å²) in [5.74, 6) is 0. The second kappa shape index (κ2) is 6.11. The number of hydrogen-bond donors (Lipinski definition) is 1. The van der Waals surface area contributed by atoms with Crippen molar-refractivity contribution < 1.29 is 17.9 Å². The molecule has 0 radical (unpaired) electrons. The van der Waals surface area contributed by atoms with E-state index in [1.807, 2.05) is 13.0 Å². The topological polar surface area (TPSA) is 75.7 Å². The van der Waals surface area contributed by atoms with Gasteiger partial charge in [-0.15, -0.1) is 11.3 Å². The van der Waals surface area contributed by atoms with Gasteiger partial charge in [-0.3, -0.25) is 0 Å². The molecule has 20 heavy (non-hydrogen) atoms. The molecule has 1 unspecified atom stereocenters. The number of thiophene rings is 1. The minimum Gasteiger partial charge on any atom is -0.444 e. The number of aryl methyl sites for hydroxylation is 1. The number of nitrogens with one attached hydrogen (secondary N) is 1. The molecule has 1 saturated heterocycles. The molecular formula is C12H18N2O4S2. The van der Waals surface area contributed by atoms with Gasteiger partial charge in [0, 0.05) is 18.5 Å². The van der Waals surface area contributed by atoms with E-state index in [1.54, 1.807) is 13.1 Å². The van der Waals surface area contributed by atoms with Gasteiger partial charge < -0.3 is 9.64 Å². The van der Waals surface area contributed by atoms with Crippen molar-refractivity contribution in [2.45, 2.75) is 30.1 Å². The Balaban J connectivity index is 1.85. The van der Waals surface area contributed by atoms with Crippen LogP contribution in [0.25, 0.3) is 0 Å². The van der Waals surface area contributed by atoms with Crippen LogP contribution in [0.3, 0.4) is 0 Å².